The Labute approximate surface area is 224 Å². The minimum atomic E-state index is -0.862. The number of hydrogen-bond acceptors (Lipinski definition) is 6. The van der Waals surface area contributed by atoms with E-state index in [0.29, 0.717) is 50.6 Å². The molecule has 4 rings (SSSR count). The van der Waals surface area contributed by atoms with Crippen LogP contribution < -0.4 is 10.5 Å². The summed E-state index contributed by atoms with van der Waals surface area (Å²) in [7, 11) is 0. The molecule has 6 nitrogen and oxygen atoms in total. The summed E-state index contributed by atoms with van der Waals surface area (Å²) in [5.41, 5.74) is 7.67. The van der Waals surface area contributed by atoms with Crippen molar-refractivity contribution in [2.45, 2.75) is 46.1 Å². The summed E-state index contributed by atoms with van der Waals surface area (Å²) in [6.07, 6.45) is 0.781. The quantitative estimate of drug-likeness (QED) is 0.402. The summed E-state index contributed by atoms with van der Waals surface area (Å²) in [6.45, 7) is 5.95. The van der Waals surface area contributed by atoms with Crippen LogP contribution in [0.25, 0.3) is 0 Å². The number of ether oxygens (including phenoxy) is 3. The third-order valence-electron chi connectivity index (χ3n) is 6.11. The van der Waals surface area contributed by atoms with E-state index in [9.17, 15) is 9.59 Å². The molecule has 0 bridgehead atoms. The van der Waals surface area contributed by atoms with Gasteiger partial charge in [-0.3, -0.25) is 4.79 Å². The van der Waals surface area contributed by atoms with Crippen molar-refractivity contribution in [2.75, 3.05) is 6.61 Å². The zero-order valence-electron chi connectivity index (χ0n) is 20.1. The molecule has 1 unspecified atom stereocenters. The van der Waals surface area contributed by atoms with Crippen molar-refractivity contribution in [1.29, 1.82) is 0 Å². The second kappa shape index (κ2) is 10.4. The Bertz CT molecular complexity index is 1300. The largest absolute Gasteiger partial charge is 0.489 e. The molecule has 0 fully saturated rings. The van der Waals surface area contributed by atoms with Gasteiger partial charge in [0.15, 0.2) is 5.78 Å². The molecule has 1 atom stereocenters. The first kappa shape index (κ1) is 26.4. The lowest BCUT2D eigenvalue weighted by Crippen LogP contribution is -2.35. The number of benzene rings is 2. The first-order chi connectivity index (χ1) is 17.0. The summed E-state index contributed by atoms with van der Waals surface area (Å²) < 4.78 is 17.3. The van der Waals surface area contributed by atoms with E-state index in [0.717, 1.165) is 5.56 Å². The Morgan fingerprint density at radius 3 is 2.56 bits per heavy atom. The number of nitrogens with two attached hydrogens (primary N) is 1. The number of carbonyl (C=O) groups is 2. The molecule has 1 heterocycles. The summed E-state index contributed by atoms with van der Waals surface area (Å²) in [4.78, 5) is 26.5. The van der Waals surface area contributed by atoms with Crippen LogP contribution >= 0.6 is 34.8 Å². The SMILES string of the molecule is CCOC(=O)C1=C(N)OC2=C(C(=O)CC(C)(C)C2)C1c1cc(Cl)ccc1OCc1ccc(Cl)c(Cl)c1. The maximum absolute atomic E-state index is 13.5. The van der Waals surface area contributed by atoms with Crippen molar-refractivity contribution >= 4 is 46.6 Å². The van der Waals surface area contributed by atoms with Gasteiger partial charge in [0.05, 0.1) is 22.6 Å². The average molecular weight is 551 g/mol. The lowest BCUT2D eigenvalue weighted by Gasteiger charge is -2.38. The van der Waals surface area contributed by atoms with Crippen molar-refractivity contribution in [2.24, 2.45) is 11.1 Å². The molecular weight excluding hydrogens is 525 g/mol. The van der Waals surface area contributed by atoms with Crippen molar-refractivity contribution in [1.82, 2.24) is 0 Å². The monoisotopic (exact) mass is 549 g/mol. The number of halogens is 3. The second-order valence-electron chi connectivity index (χ2n) is 9.53. The summed E-state index contributed by atoms with van der Waals surface area (Å²) in [5, 5.41) is 1.25. The highest BCUT2D eigenvalue weighted by atomic mass is 35.5. The molecule has 1 aliphatic carbocycles. The maximum atomic E-state index is 13.5. The van der Waals surface area contributed by atoms with Gasteiger partial charge in [-0.15, -0.1) is 0 Å². The molecule has 1 aliphatic heterocycles. The van der Waals surface area contributed by atoms with Crippen LogP contribution in [0.4, 0.5) is 0 Å². The van der Waals surface area contributed by atoms with Gasteiger partial charge in [-0.05, 0) is 48.2 Å². The molecule has 0 saturated heterocycles. The molecule has 2 aliphatic rings. The highest BCUT2D eigenvalue weighted by molar-refractivity contribution is 6.42. The predicted octanol–water partition coefficient (Wildman–Crippen LogP) is 6.72. The fourth-order valence-electron chi connectivity index (χ4n) is 4.57. The molecule has 190 valence electrons. The van der Waals surface area contributed by atoms with Crippen LogP contribution in [0.15, 0.2) is 59.2 Å². The second-order valence-corrected chi connectivity index (χ2v) is 10.8. The number of esters is 1. The van der Waals surface area contributed by atoms with Gasteiger partial charge in [-0.25, -0.2) is 4.79 Å². The van der Waals surface area contributed by atoms with Crippen LogP contribution in [0.3, 0.4) is 0 Å². The van der Waals surface area contributed by atoms with Crippen LogP contribution in [-0.2, 0) is 25.7 Å². The van der Waals surface area contributed by atoms with E-state index in [1.54, 1.807) is 43.3 Å². The van der Waals surface area contributed by atoms with Gasteiger partial charge in [-0.2, -0.15) is 0 Å². The molecule has 9 heteroatoms. The van der Waals surface area contributed by atoms with E-state index in [-0.39, 0.29) is 35.9 Å². The molecule has 0 amide bonds. The van der Waals surface area contributed by atoms with E-state index in [4.69, 9.17) is 54.7 Å². The fourth-order valence-corrected chi connectivity index (χ4v) is 5.07. The fraction of sp³-hybridized carbons (Fsp3) is 0.333. The van der Waals surface area contributed by atoms with Crippen LogP contribution in [0, 0.1) is 5.41 Å². The number of hydrogen-bond donors (Lipinski definition) is 1. The molecule has 0 saturated carbocycles. The first-order valence-electron chi connectivity index (χ1n) is 11.5. The van der Waals surface area contributed by atoms with Crippen molar-refractivity contribution in [3.63, 3.8) is 0 Å². The third-order valence-corrected chi connectivity index (χ3v) is 7.09. The Hall–Kier alpha value is -2.67. The van der Waals surface area contributed by atoms with E-state index in [1.807, 2.05) is 13.8 Å². The normalized spacial score (nSPS) is 19.1. The molecule has 0 spiro atoms. The molecule has 0 radical (unpaired) electrons. The molecule has 36 heavy (non-hydrogen) atoms. The van der Waals surface area contributed by atoms with Crippen molar-refractivity contribution in [3.8, 4) is 5.75 Å². The number of ketones is 1. The highest BCUT2D eigenvalue weighted by Gasteiger charge is 2.46. The van der Waals surface area contributed by atoms with E-state index in [2.05, 4.69) is 0 Å². The van der Waals surface area contributed by atoms with Crippen LogP contribution in [0.5, 0.6) is 5.75 Å². The van der Waals surface area contributed by atoms with Gasteiger partial charge in [0.25, 0.3) is 0 Å². The lowest BCUT2D eigenvalue weighted by molar-refractivity contribution is -0.139. The van der Waals surface area contributed by atoms with Gasteiger partial charge < -0.3 is 19.9 Å². The van der Waals surface area contributed by atoms with E-state index in [1.165, 1.54) is 0 Å². The lowest BCUT2D eigenvalue weighted by atomic mass is 9.70. The zero-order chi connectivity index (χ0) is 26.2. The smallest absolute Gasteiger partial charge is 0.340 e. The van der Waals surface area contributed by atoms with E-state index < -0.39 is 11.9 Å². The standard InChI is InChI=1S/C27H26Cl3NO5/c1-4-34-26(33)24-22(23-19(32)11-27(2,3)12-21(23)36-25(24)31)16-10-15(28)6-8-20(16)35-13-14-5-7-17(29)18(30)9-14/h5-10,22H,4,11-13,31H2,1-3H3. The molecule has 2 aromatic rings. The number of carbonyl (C=O) groups excluding carboxylic acids is 2. The minimum absolute atomic E-state index is 0.0466. The first-order valence-corrected chi connectivity index (χ1v) is 12.6. The Kier molecular flexibility index (Phi) is 7.60. The van der Waals surface area contributed by atoms with Gasteiger partial charge in [-0.1, -0.05) is 54.7 Å². The summed E-state index contributed by atoms with van der Waals surface area (Å²) in [5.74, 6) is -0.883. The summed E-state index contributed by atoms with van der Waals surface area (Å²) >= 11 is 18.6. The number of Topliss-reactive ketones (excluding diaryl/α,β-unsaturated/α-hetero) is 1. The maximum Gasteiger partial charge on any atom is 0.340 e. The van der Waals surface area contributed by atoms with E-state index >= 15 is 0 Å². The topological polar surface area (TPSA) is 87.9 Å². The predicted molar refractivity (Wildman–Crippen MR) is 139 cm³/mol. The van der Waals surface area contributed by atoms with Crippen molar-refractivity contribution < 1.29 is 23.8 Å². The van der Waals surface area contributed by atoms with Crippen LogP contribution in [0.1, 0.15) is 50.7 Å². The molecule has 2 N–H and O–H groups in total. The molecule has 0 aromatic heterocycles. The van der Waals surface area contributed by atoms with Gasteiger partial charge in [0, 0.05) is 29.0 Å². The third kappa shape index (κ3) is 5.36. The number of allylic oxidation sites excluding steroid dienone is 2. The Morgan fingerprint density at radius 1 is 1.11 bits per heavy atom. The Morgan fingerprint density at radius 2 is 1.86 bits per heavy atom. The van der Waals surface area contributed by atoms with Gasteiger partial charge in [0.1, 0.15) is 23.7 Å². The summed E-state index contributed by atoms with van der Waals surface area (Å²) in [6, 6.07) is 10.2. The minimum Gasteiger partial charge on any atom is -0.489 e. The molecular formula is C27H26Cl3NO5. The van der Waals surface area contributed by atoms with Crippen LogP contribution in [-0.4, -0.2) is 18.4 Å². The van der Waals surface area contributed by atoms with Gasteiger partial charge in [0.2, 0.25) is 5.88 Å². The molecule has 2 aromatic carbocycles. The van der Waals surface area contributed by atoms with Gasteiger partial charge >= 0.3 is 5.97 Å². The Balaban J connectivity index is 1.83. The zero-order valence-corrected chi connectivity index (χ0v) is 22.4. The highest BCUT2D eigenvalue weighted by Crippen LogP contribution is 2.50. The van der Waals surface area contributed by atoms with Crippen molar-refractivity contribution in [3.05, 3.63) is 85.4 Å². The van der Waals surface area contributed by atoms with Crippen LogP contribution in [0.2, 0.25) is 15.1 Å². The number of rotatable bonds is 6. The average Bonchev–Trinajstić information content (AvgIpc) is 2.78.